The Morgan fingerprint density at radius 3 is 1.30 bits per heavy atom. The second-order valence-electron chi connectivity index (χ2n) is 5.13. The number of nitrogens with zero attached hydrogens (tertiary/aromatic N) is 1. The molecule has 0 radical (unpaired) electrons. The maximum atomic E-state index is 11.0. The van der Waals surface area contributed by atoms with Gasteiger partial charge in [0.05, 0.1) is 0 Å². The van der Waals surface area contributed by atoms with Gasteiger partial charge in [-0.15, -0.1) is 4.47 Å². The molecule has 3 rings (SSSR count). The van der Waals surface area contributed by atoms with Crippen molar-refractivity contribution in [1.82, 2.24) is 5.43 Å². The highest BCUT2D eigenvalue weighted by Crippen LogP contribution is 2.36. The molecule has 23 heavy (non-hydrogen) atoms. The van der Waals surface area contributed by atoms with Crippen LogP contribution >= 0.6 is 0 Å². The van der Waals surface area contributed by atoms with Gasteiger partial charge < -0.3 is 0 Å². The lowest BCUT2D eigenvalue weighted by Crippen LogP contribution is -2.41. The van der Waals surface area contributed by atoms with E-state index in [9.17, 15) is 4.21 Å². The summed E-state index contributed by atoms with van der Waals surface area (Å²) in [5.41, 5.74) is 5.47. The SMILES string of the molecule is O=S=NNC(c1ccccc1)(c1ccccc1)c1ccccc1. The van der Waals surface area contributed by atoms with E-state index in [-0.39, 0.29) is 11.5 Å². The topological polar surface area (TPSA) is 41.5 Å². The fourth-order valence-electron chi connectivity index (χ4n) is 2.85. The van der Waals surface area contributed by atoms with Crippen molar-refractivity contribution in [3.05, 3.63) is 108 Å². The second-order valence-corrected chi connectivity index (χ2v) is 5.46. The fourth-order valence-corrected chi connectivity index (χ4v) is 3.02. The number of hydrogen-bond acceptors (Lipinski definition) is 2. The zero-order chi connectivity index (χ0) is 16.0. The molecule has 0 aliphatic rings. The molecular formula is C19H16N2OS. The van der Waals surface area contributed by atoms with Gasteiger partial charge in [-0.05, 0) is 16.7 Å². The minimum absolute atomic E-state index is 0.176. The Balaban J connectivity index is 2.32. The summed E-state index contributed by atoms with van der Waals surface area (Å²) in [5.74, 6) is 0. The minimum atomic E-state index is -0.707. The molecular weight excluding hydrogens is 304 g/mol. The average Bonchev–Trinajstić information content (AvgIpc) is 2.65. The first kappa shape index (κ1) is 15.3. The molecule has 3 nitrogen and oxygen atoms in total. The van der Waals surface area contributed by atoms with Crippen LogP contribution in [0.3, 0.4) is 0 Å². The molecule has 4 heteroatoms. The van der Waals surface area contributed by atoms with E-state index in [4.69, 9.17) is 0 Å². The van der Waals surface area contributed by atoms with Crippen molar-refractivity contribution in [2.24, 2.45) is 4.47 Å². The lowest BCUT2D eigenvalue weighted by atomic mass is 9.77. The summed E-state index contributed by atoms with van der Waals surface area (Å²) >= 11 is 0.176. The van der Waals surface area contributed by atoms with Crippen LogP contribution in [-0.2, 0) is 17.0 Å². The molecule has 0 bridgehead atoms. The van der Waals surface area contributed by atoms with Gasteiger partial charge in [0.2, 0.25) is 11.5 Å². The van der Waals surface area contributed by atoms with Crippen molar-refractivity contribution in [3.63, 3.8) is 0 Å². The van der Waals surface area contributed by atoms with E-state index in [2.05, 4.69) is 9.90 Å². The summed E-state index contributed by atoms with van der Waals surface area (Å²) in [6.07, 6.45) is 0. The van der Waals surface area contributed by atoms with Crippen molar-refractivity contribution < 1.29 is 4.21 Å². The molecule has 3 aromatic rings. The standard InChI is InChI=1S/C19H16N2OS/c22-23-21-20-19(16-10-4-1-5-11-16,17-12-6-2-7-13-17)18-14-8-3-9-15-18/h1-15,20H. The molecule has 0 amide bonds. The van der Waals surface area contributed by atoms with E-state index in [0.29, 0.717) is 0 Å². The number of nitrogens with one attached hydrogen (secondary N) is 1. The molecule has 0 aliphatic carbocycles. The van der Waals surface area contributed by atoms with Crippen LogP contribution in [0, 0.1) is 0 Å². The van der Waals surface area contributed by atoms with Crippen molar-refractivity contribution >= 4 is 11.5 Å². The molecule has 114 valence electrons. The predicted molar refractivity (Wildman–Crippen MR) is 92.9 cm³/mol. The first-order valence-electron chi connectivity index (χ1n) is 7.30. The van der Waals surface area contributed by atoms with Gasteiger partial charge in [0.15, 0.2) is 0 Å². The van der Waals surface area contributed by atoms with Crippen molar-refractivity contribution in [2.45, 2.75) is 5.54 Å². The lowest BCUT2D eigenvalue weighted by molar-refractivity contribution is 0.495. The molecule has 0 unspecified atom stereocenters. The minimum Gasteiger partial charge on any atom is -0.190 e. The highest BCUT2D eigenvalue weighted by atomic mass is 32.1. The van der Waals surface area contributed by atoms with Crippen molar-refractivity contribution in [3.8, 4) is 0 Å². The second kappa shape index (κ2) is 7.13. The largest absolute Gasteiger partial charge is 0.217 e. The predicted octanol–water partition coefficient (Wildman–Crippen LogP) is 3.88. The number of benzene rings is 3. The zero-order valence-corrected chi connectivity index (χ0v) is 13.2. The first-order chi connectivity index (χ1) is 11.4. The summed E-state index contributed by atoms with van der Waals surface area (Å²) in [6.45, 7) is 0. The van der Waals surface area contributed by atoms with Crippen LogP contribution in [0.25, 0.3) is 0 Å². The highest BCUT2D eigenvalue weighted by molar-refractivity contribution is 7.54. The van der Waals surface area contributed by atoms with Crippen LogP contribution < -0.4 is 5.43 Å². The quantitative estimate of drug-likeness (QED) is 0.572. The van der Waals surface area contributed by atoms with Crippen molar-refractivity contribution in [2.75, 3.05) is 0 Å². The Labute approximate surface area is 139 Å². The summed E-state index contributed by atoms with van der Waals surface area (Å²) < 4.78 is 14.8. The molecule has 0 atom stereocenters. The summed E-state index contributed by atoms with van der Waals surface area (Å²) in [5, 5.41) is 0. The fraction of sp³-hybridized carbons (Fsp3) is 0.0526. The van der Waals surface area contributed by atoms with Gasteiger partial charge in [-0.3, -0.25) is 0 Å². The Morgan fingerprint density at radius 1 is 0.652 bits per heavy atom. The van der Waals surface area contributed by atoms with Gasteiger partial charge in [-0.25, -0.2) is 0 Å². The lowest BCUT2D eigenvalue weighted by Gasteiger charge is -2.34. The highest BCUT2D eigenvalue weighted by Gasteiger charge is 2.36. The molecule has 3 aromatic carbocycles. The Hall–Kier alpha value is -2.56. The van der Waals surface area contributed by atoms with E-state index in [1.54, 1.807) is 0 Å². The summed E-state index contributed by atoms with van der Waals surface area (Å²) in [6, 6.07) is 30.1. The van der Waals surface area contributed by atoms with Crippen LogP contribution in [-0.4, -0.2) is 4.21 Å². The summed E-state index contributed by atoms with van der Waals surface area (Å²) in [4.78, 5) is 0. The van der Waals surface area contributed by atoms with Crippen LogP contribution in [0.5, 0.6) is 0 Å². The van der Waals surface area contributed by atoms with E-state index in [1.165, 1.54) is 0 Å². The number of hydrogen-bond donors (Lipinski definition) is 1. The van der Waals surface area contributed by atoms with E-state index in [1.807, 2.05) is 91.0 Å². The molecule has 0 saturated heterocycles. The van der Waals surface area contributed by atoms with E-state index < -0.39 is 5.54 Å². The van der Waals surface area contributed by atoms with E-state index in [0.717, 1.165) is 16.7 Å². The molecule has 0 aliphatic heterocycles. The zero-order valence-electron chi connectivity index (χ0n) is 12.4. The third kappa shape index (κ3) is 2.99. The van der Waals surface area contributed by atoms with Gasteiger partial charge in [0.25, 0.3) is 0 Å². The van der Waals surface area contributed by atoms with Crippen LogP contribution in [0.2, 0.25) is 0 Å². The monoisotopic (exact) mass is 320 g/mol. The van der Waals surface area contributed by atoms with Gasteiger partial charge >= 0.3 is 0 Å². The average molecular weight is 320 g/mol. The molecule has 0 spiro atoms. The number of rotatable bonds is 5. The van der Waals surface area contributed by atoms with Crippen LogP contribution in [0.1, 0.15) is 16.7 Å². The molecule has 0 fully saturated rings. The smallest absolute Gasteiger partial charge is 0.190 e. The Bertz CT molecular complexity index is 704. The van der Waals surface area contributed by atoms with Gasteiger partial charge in [-0.2, -0.15) is 9.63 Å². The van der Waals surface area contributed by atoms with Crippen molar-refractivity contribution in [1.29, 1.82) is 0 Å². The van der Waals surface area contributed by atoms with Gasteiger partial charge in [0, 0.05) is 0 Å². The Morgan fingerprint density at radius 2 is 1.00 bits per heavy atom. The maximum absolute atomic E-state index is 11.0. The van der Waals surface area contributed by atoms with E-state index >= 15 is 0 Å². The van der Waals surface area contributed by atoms with Crippen LogP contribution in [0.15, 0.2) is 95.5 Å². The van der Waals surface area contributed by atoms with Gasteiger partial charge in [-0.1, -0.05) is 91.0 Å². The van der Waals surface area contributed by atoms with Gasteiger partial charge in [0.1, 0.15) is 5.54 Å². The first-order valence-corrected chi connectivity index (χ1v) is 8.00. The molecule has 1 N–H and O–H groups in total. The molecule has 0 aromatic heterocycles. The van der Waals surface area contributed by atoms with Crippen LogP contribution in [0.4, 0.5) is 0 Å². The normalized spacial score (nSPS) is 11.0. The molecule has 0 saturated carbocycles. The third-order valence-corrected chi connectivity index (χ3v) is 4.04. The third-order valence-electron chi connectivity index (χ3n) is 3.87. The Kier molecular flexibility index (Phi) is 4.76. The summed E-state index contributed by atoms with van der Waals surface area (Å²) in [7, 11) is 0. The molecule has 0 heterocycles. The maximum Gasteiger partial charge on any atom is 0.217 e.